The number of rotatable bonds is 5. The number of aliphatic hydroxyl groups is 1. The van der Waals surface area contributed by atoms with Crippen LogP contribution in [0.4, 0.5) is 13.2 Å². The van der Waals surface area contributed by atoms with Gasteiger partial charge >= 0.3 is 6.36 Å². The average molecular weight is 447 g/mol. The Hall–Kier alpha value is -3.47. The van der Waals surface area contributed by atoms with Crippen molar-refractivity contribution in [3.63, 3.8) is 0 Å². The van der Waals surface area contributed by atoms with Crippen LogP contribution in [0, 0.1) is 0 Å². The first kappa shape index (κ1) is 21.8. The van der Waals surface area contributed by atoms with Crippen molar-refractivity contribution in [2.24, 2.45) is 0 Å². The molecule has 11 heteroatoms. The molecule has 8 nitrogen and oxygen atoms in total. The summed E-state index contributed by atoms with van der Waals surface area (Å²) < 4.78 is 41.4. The Kier molecular flexibility index (Phi) is 6.08. The molecule has 0 spiro atoms. The fourth-order valence-electron chi connectivity index (χ4n) is 3.89. The highest BCUT2D eigenvalue weighted by Crippen LogP contribution is 2.39. The standard InChI is InChI=1S/C21H20F3N5O3/c22-21(23,24)32-15-3-1-13(2-4-15)19-18(16-5-8-25-12-26-16)20(28-27-19)14-6-9-29(10-7-14)17(31)11-30/h1-5,8,12,14,30H,6-7,9-11H2,(H,27,28). The Morgan fingerprint density at radius 3 is 2.50 bits per heavy atom. The molecule has 0 unspecified atom stereocenters. The first-order chi connectivity index (χ1) is 15.4. The van der Waals surface area contributed by atoms with E-state index in [0.717, 1.165) is 11.3 Å². The number of amides is 1. The number of hydrogen-bond acceptors (Lipinski definition) is 6. The molecule has 1 aromatic carbocycles. The molecule has 2 aromatic heterocycles. The van der Waals surface area contributed by atoms with Gasteiger partial charge in [0.15, 0.2) is 0 Å². The van der Waals surface area contributed by atoms with Crippen LogP contribution in [-0.2, 0) is 4.79 Å². The number of benzene rings is 1. The predicted molar refractivity (Wildman–Crippen MR) is 107 cm³/mol. The number of piperidine rings is 1. The fraction of sp³-hybridized carbons (Fsp3) is 0.333. The number of halogens is 3. The summed E-state index contributed by atoms with van der Waals surface area (Å²) in [6, 6.07) is 7.23. The minimum absolute atomic E-state index is 0.0665. The van der Waals surface area contributed by atoms with E-state index in [1.165, 1.54) is 30.6 Å². The first-order valence-electron chi connectivity index (χ1n) is 9.95. The molecule has 168 valence electrons. The van der Waals surface area contributed by atoms with Crippen molar-refractivity contribution in [1.29, 1.82) is 0 Å². The quantitative estimate of drug-likeness (QED) is 0.623. The van der Waals surface area contributed by atoms with E-state index >= 15 is 0 Å². The van der Waals surface area contributed by atoms with Crippen molar-refractivity contribution in [2.45, 2.75) is 25.1 Å². The summed E-state index contributed by atoms with van der Waals surface area (Å²) in [5, 5.41) is 16.6. The summed E-state index contributed by atoms with van der Waals surface area (Å²) in [6.07, 6.45) is -0.405. The van der Waals surface area contributed by atoms with Crippen molar-refractivity contribution in [1.82, 2.24) is 25.1 Å². The third-order valence-electron chi connectivity index (χ3n) is 5.38. The van der Waals surface area contributed by atoms with E-state index in [0.29, 0.717) is 42.9 Å². The Morgan fingerprint density at radius 2 is 1.91 bits per heavy atom. The predicted octanol–water partition coefficient (Wildman–Crippen LogP) is 3.13. The van der Waals surface area contributed by atoms with Crippen molar-refractivity contribution in [3.05, 3.63) is 48.5 Å². The molecule has 0 saturated carbocycles. The highest BCUT2D eigenvalue weighted by molar-refractivity contribution is 5.81. The summed E-state index contributed by atoms with van der Waals surface area (Å²) in [5.41, 5.74) is 3.35. The van der Waals surface area contributed by atoms with Crippen LogP contribution in [-0.4, -0.2) is 62.1 Å². The average Bonchev–Trinajstić information content (AvgIpc) is 3.24. The largest absolute Gasteiger partial charge is 0.573 e. The number of aliphatic hydroxyl groups excluding tert-OH is 1. The summed E-state index contributed by atoms with van der Waals surface area (Å²) in [5.74, 6) is -0.552. The van der Waals surface area contributed by atoms with Gasteiger partial charge in [0, 0.05) is 42.0 Å². The molecule has 1 aliphatic heterocycles. The molecule has 1 aliphatic rings. The molecule has 0 atom stereocenters. The number of carbonyl (C=O) groups is 1. The number of nitrogens with zero attached hydrogens (tertiary/aromatic N) is 4. The third kappa shape index (κ3) is 4.72. The van der Waals surface area contributed by atoms with Gasteiger partial charge < -0.3 is 14.7 Å². The molecule has 0 radical (unpaired) electrons. The van der Waals surface area contributed by atoms with Gasteiger partial charge in [0.25, 0.3) is 0 Å². The van der Waals surface area contributed by atoms with E-state index in [1.54, 1.807) is 17.2 Å². The lowest BCUT2D eigenvalue weighted by Gasteiger charge is -2.31. The normalized spacial score (nSPS) is 15.1. The zero-order valence-corrected chi connectivity index (χ0v) is 16.8. The van der Waals surface area contributed by atoms with E-state index in [-0.39, 0.29) is 17.6 Å². The van der Waals surface area contributed by atoms with Crippen LogP contribution >= 0.6 is 0 Å². The molecule has 0 aliphatic carbocycles. The summed E-state index contributed by atoms with van der Waals surface area (Å²) >= 11 is 0. The second-order valence-electron chi connectivity index (χ2n) is 7.34. The molecule has 0 bridgehead atoms. The number of aromatic nitrogens is 4. The van der Waals surface area contributed by atoms with Crippen molar-refractivity contribution < 1.29 is 27.8 Å². The number of hydrogen-bond donors (Lipinski definition) is 2. The van der Waals surface area contributed by atoms with Crippen LogP contribution in [0.2, 0.25) is 0 Å². The van der Waals surface area contributed by atoms with E-state index in [9.17, 15) is 18.0 Å². The van der Waals surface area contributed by atoms with Gasteiger partial charge in [0.2, 0.25) is 5.91 Å². The summed E-state index contributed by atoms with van der Waals surface area (Å²) in [4.78, 5) is 21.7. The smallest absolute Gasteiger partial charge is 0.406 e. The van der Waals surface area contributed by atoms with Crippen molar-refractivity contribution in [2.75, 3.05) is 19.7 Å². The van der Waals surface area contributed by atoms with E-state index in [4.69, 9.17) is 5.11 Å². The molecule has 1 amide bonds. The van der Waals surface area contributed by atoms with Crippen LogP contribution in [0.15, 0.2) is 42.9 Å². The van der Waals surface area contributed by atoms with Crippen LogP contribution in [0.1, 0.15) is 24.5 Å². The second kappa shape index (κ2) is 8.95. The van der Waals surface area contributed by atoms with E-state index < -0.39 is 13.0 Å². The maximum Gasteiger partial charge on any atom is 0.573 e. The molecule has 3 heterocycles. The van der Waals surface area contributed by atoms with Gasteiger partial charge in [-0.15, -0.1) is 13.2 Å². The van der Waals surface area contributed by atoms with Crippen molar-refractivity contribution >= 4 is 5.91 Å². The number of aromatic amines is 1. The highest BCUT2D eigenvalue weighted by Gasteiger charge is 2.31. The van der Waals surface area contributed by atoms with Gasteiger partial charge in [-0.05, 0) is 43.2 Å². The molecule has 4 rings (SSSR count). The molecule has 3 aromatic rings. The number of carbonyl (C=O) groups excluding carboxylic acids is 1. The number of likely N-dealkylation sites (tertiary alicyclic amines) is 1. The molecular weight excluding hydrogens is 427 g/mol. The van der Waals surface area contributed by atoms with E-state index in [1.807, 2.05) is 0 Å². The molecule has 2 N–H and O–H groups in total. The summed E-state index contributed by atoms with van der Waals surface area (Å²) in [7, 11) is 0. The molecule has 32 heavy (non-hydrogen) atoms. The van der Waals surface area contributed by atoms with Gasteiger partial charge in [0.05, 0.1) is 5.69 Å². The molecule has 1 fully saturated rings. The van der Waals surface area contributed by atoms with E-state index in [2.05, 4.69) is 24.9 Å². The van der Waals surface area contributed by atoms with Crippen LogP contribution in [0.3, 0.4) is 0 Å². The van der Waals surface area contributed by atoms with Gasteiger partial charge in [0.1, 0.15) is 24.4 Å². The van der Waals surface area contributed by atoms with Crippen LogP contribution < -0.4 is 4.74 Å². The van der Waals surface area contributed by atoms with Gasteiger partial charge in [-0.2, -0.15) is 5.10 Å². The monoisotopic (exact) mass is 447 g/mol. The van der Waals surface area contributed by atoms with Crippen molar-refractivity contribution in [3.8, 4) is 28.3 Å². The number of alkyl halides is 3. The van der Waals surface area contributed by atoms with Gasteiger partial charge in [-0.25, -0.2) is 9.97 Å². The zero-order valence-electron chi connectivity index (χ0n) is 16.8. The second-order valence-corrected chi connectivity index (χ2v) is 7.34. The Morgan fingerprint density at radius 1 is 1.19 bits per heavy atom. The minimum Gasteiger partial charge on any atom is -0.406 e. The van der Waals surface area contributed by atoms with Crippen LogP contribution in [0.25, 0.3) is 22.5 Å². The Bertz CT molecular complexity index is 1060. The molecular formula is C21H20F3N5O3. The number of ether oxygens (including phenoxy) is 1. The lowest BCUT2D eigenvalue weighted by molar-refractivity contribution is -0.274. The van der Waals surface area contributed by atoms with Gasteiger partial charge in [-0.1, -0.05) is 0 Å². The first-order valence-corrected chi connectivity index (χ1v) is 9.95. The van der Waals surface area contributed by atoms with Gasteiger partial charge in [-0.3, -0.25) is 9.89 Å². The highest BCUT2D eigenvalue weighted by atomic mass is 19.4. The lowest BCUT2D eigenvalue weighted by atomic mass is 9.89. The SMILES string of the molecule is O=C(CO)N1CCC(c2[nH]nc(-c3ccc(OC(F)(F)F)cc3)c2-c2ccncn2)CC1. The maximum absolute atomic E-state index is 12.5. The fourth-order valence-corrected chi connectivity index (χ4v) is 3.89. The maximum atomic E-state index is 12.5. The minimum atomic E-state index is -4.76. The zero-order chi connectivity index (χ0) is 22.7. The number of H-pyrrole nitrogens is 1. The lowest BCUT2D eigenvalue weighted by Crippen LogP contribution is -2.39. The Balaban J connectivity index is 1.66. The third-order valence-corrected chi connectivity index (χ3v) is 5.38. The topological polar surface area (TPSA) is 104 Å². The van der Waals surface area contributed by atoms with Crippen LogP contribution in [0.5, 0.6) is 5.75 Å². The number of nitrogens with one attached hydrogen (secondary N) is 1. The molecule has 1 saturated heterocycles. The summed E-state index contributed by atoms with van der Waals surface area (Å²) in [6.45, 7) is 0.495. The Labute approximate surface area is 181 Å².